The lowest BCUT2D eigenvalue weighted by molar-refractivity contribution is -0.393. The van der Waals surface area contributed by atoms with Gasteiger partial charge in [-0.3, -0.25) is 20.2 Å². The van der Waals surface area contributed by atoms with Crippen LogP contribution >= 0.6 is 0 Å². The van der Waals surface area contributed by atoms with Gasteiger partial charge in [0.2, 0.25) is 0 Å². The molecule has 0 aliphatic carbocycles. The van der Waals surface area contributed by atoms with Crippen LogP contribution in [0.2, 0.25) is 0 Å². The Morgan fingerprint density at radius 1 is 1.28 bits per heavy atom. The molecule has 1 aromatic carbocycles. The summed E-state index contributed by atoms with van der Waals surface area (Å²) in [6, 6.07) is 3.30. The van der Waals surface area contributed by atoms with E-state index in [9.17, 15) is 25.3 Å². The van der Waals surface area contributed by atoms with Gasteiger partial charge in [-0.05, 0) is 19.9 Å². The molecule has 8 heteroatoms. The van der Waals surface area contributed by atoms with E-state index in [-0.39, 0.29) is 17.9 Å². The molecule has 0 aliphatic heterocycles. The molecule has 0 aliphatic rings. The third kappa shape index (κ3) is 3.67. The number of nitrogens with zero attached hydrogens (tertiary/aromatic N) is 2. The van der Waals surface area contributed by atoms with Crippen molar-refractivity contribution in [1.29, 1.82) is 0 Å². The predicted molar refractivity (Wildman–Crippen MR) is 64.5 cm³/mol. The molecular formula is C10H13N3O5. The molecule has 0 atom stereocenters. The van der Waals surface area contributed by atoms with Gasteiger partial charge in [-0.15, -0.1) is 0 Å². The SMILES string of the molecule is CC(C)(O)CNc1ccc([N+](=O)[O-])cc1[N+](=O)[O-]. The lowest BCUT2D eigenvalue weighted by atomic mass is 10.1. The summed E-state index contributed by atoms with van der Waals surface area (Å²) in [4.78, 5) is 19.9. The molecule has 0 amide bonds. The molecule has 1 aromatic rings. The summed E-state index contributed by atoms with van der Waals surface area (Å²) in [5.74, 6) is 0. The van der Waals surface area contributed by atoms with E-state index in [1.54, 1.807) is 0 Å². The minimum atomic E-state index is -1.05. The largest absolute Gasteiger partial charge is 0.389 e. The molecule has 2 N–H and O–H groups in total. The van der Waals surface area contributed by atoms with Crippen LogP contribution in [-0.2, 0) is 0 Å². The molecule has 0 bridgehead atoms. The summed E-state index contributed by atoms with van der Waals surface area (Å²) in [6.07, 6.45) is 0. The minimum Gasteiger partial charge on any atom is -0.389 e. The first kappa shape index (κ1) is 13.8. The molecule has 0 saturated carbocycles. The Bertz CT molecular complexity index is 481. The highest BCUT2D eigenvalue weighted by Crippen LogP contribution is 2.29. The van der Waals surface area contributed by atoms with Crippen LogP contribution in [-0.4, -0.2) is 27.1 Å². The van der Waals surface area contributed by atoms with Gasteiger partial charge in [-0.1, -0.05) is 0 Å². The van der Waals surface area contributed by atoms with Gasteiger partial charge in [0.1, 0.15) is 5.69 Å². The lowest BCUT2D eigenvalue weighted by Gasteiger charge is -2.18. The predicted octanol–water partition coefficient (Wildman–Crippen LogP) is 1.69. The van der Waals surface area contributed by atoms with Crippen LogP contribution in [0.3, 0.4) is 0 Å². The number of anilines is 1. The zero-order valence-corrected chi connectivity index (χ0v) is 9.91. The average molecular weight is 255 g/mol. The summed E-state index contributed by atoms with van der Waals surface area (Å²) in [6.45, 7) is 3.17. The quantitative estimate of drug-likeness (QED) is 0.610. The van der Waals surface area contributed by atoms with Gasteiger partial charge in [0.25, 0.3) is 11.4 Å². The van der Waals surface area contributed by atoms with E-state index in [0.717, 1.165) is 6.07 Å². The van der Waals surface area contributed by atoms with Crippen molar-refractivity contribution >= 4 is 17.1 Å². The molecule has 98 valence electrons. The van der Waals surface area contributed by atoms with Crippen LogP contribution in [0, 0.1) is 20.2 Å². The van der Waals surface area contributed by atoms with Crippen molar-refractivity contribution in [3.8, 4) is 0 Å². The van der Waals surface area contributed by atoms with E-state index in [2.05, 4.69) is 5.32 Å². The van der Waals surface area contributed by atoms with Crippen LogP contribution in [0.4, 0.5) is 17.1 Å². The van der Waals surface area contributed by atoms with Gasteiger partial charge in [-0.25, -0.2) is 0 Å². The van der Waals surface area contributed by atoms with Crippen molar-refractivity contribution in [2.75, 3.05) is 11.9 Å². The third-order valence-electron chi connectivity index (χ3n) is 2.10. The second-order valence-electron chi connectivity index (χ2n) is 4.38. The minimum absolute atomic E-state index is 0.0889. The zero-order valence-electron chi connectivity index (χ0n) is 9.91. The van der Waals surface area contributed by atoms with E-state index in [1.807, 2.05) is 0 Å². The van der Waals surface area contributed by atoms with E-state index >= 15 is 0 Å². The van der Waals surface area contributed by atoms with Crippen LogP contribution in [0.15, 0.2) is 18.2 Å². The van der Waals surface area contributed by atoms with Crippen LogP contribution < -0.4 is 5.32 Å². The smallest absolute Gasteiger partial charge is 0.299 e. The number of benzene rings is 1. The maximum absolute atomic E-state index is 10.8. The van der Waals surface area contributed by atoms with Gasteiger partial charge in [0.05, 0.1) is 21.5 Å². The van der Waals surface area contributed by atoms with E-state index < -0.39 is 21.1 Å². The fraction of sp³-hybridized carbons (Fsp3) is 0.400. The number of nitrogens with one attached hydrogen (secondary N) is 1. The molecular weight excluding hydrogens is 242 g/mol. The fourth-order valence-electron chi connectivity index (χ4n) is 1.25. The van der Waals surface area contributed by atoms with Gasteiger partial charge < -0.3 is 10.4 Å². The molecule has 0 heterocycles. The number of hydrogen-bond donors (Lipinski definition) is 2. The highest BCUT2D eigenvalue weighted by atomic mass is 16.6. The highest BCUT2D eigenvalue weighted by molar-refractivity contribution is 5.65. The fourth-order valence-corrected chi connectivity index (χ4v) is 1.25. The number of aliphatic hydroxyl groups is 1. The Kier molecular flexibility index (Phi) is 3.82. The van der Waals surface area contributed by atoms with Gasteiger partial charge >= 0.3 is 0 Å². The standard InChI is InChI=1S/C10H13N3O5/c1-10(2,14)6-11-8-4-3-7(12(15)16)5-9(8)13(17)18/h3-5,11,14H,6H2,1-2H3. The summed E-state index contributed by atoms with van der Waals surface area (Å²) < 4.78 is 0. The Morgan fingerprint density at radius 2 is 1.89 bits per heavy atom. The monoisotopic (exact) mass is 255 g/mol. The second kappa shape index (κ2) is 4.96. The van der Waals surface area contributed by atoms with Crippen molar-refractivity contribution in [3.63, 3.8) is 0 Å². The highest BCUT2D eigenvalue weighted by Gasteiger charge is 2.21. The molecule has 8 nitrogen and oxygen atoms in total. The van der Waals surface area contributed by atoms with Gasteiger partial charge in [0, 0.05) is 12.6 Å². The normalized spacial score (nSPS) is 11.1. The summed E-state index contributed by atoms with van der Waals surface area (Å²) in [5, 5.41) is 33.5. The zero-order chi connectivity index (χ0) is 13.9. The van der Waals surface area contributed by atoms with E-state index in [0.29, 0.717) is 0 Å². The molecule has 0 spiro atoms. The van der Waals surface area contributed by atoms with Gasteiger partial charge in [-0.2, -0.15) is 0 Å². The summed E-state index contributed by atoms with van der Waals surface area (Å²) in [7, 11) is 0. The van der Waals surface area contributed by atoms with E-state index in [1.165, 1.54) is 26.0 Å². The molecule has 0 saturated heterocycles. The van der Waals surface area contributed by atoms with Crippen molar-refractivity contribution < 1.29 is 15.0 Å². The maximum Gasteiger partial charge on any atom is 0.299 e. The van der Waals surface area contributed by atoms with Crippen molar-refractivity contribution in [2.24, 2.45) is 0 Å². The number of hydrogen-bond acceptors (Lipinski definition) is 6. The molecule has 18 heavy (non-hydrogen) atoms. The number of non-ortho nitro benzene ring substituents is 1. The molecule has 0 unspecified atom stereocenters. The van der Waals surface area contributed by atoms with Crippen molar-refractivity contribution in [1.82, 2.24) is 0 Å². The number of nitro groups is 2. The Hall–Kier alpha value is -2.22. The first-order valence-corrected chi connectivity index (χ1v) is 5.10. The van der Waals surface area contributed by atoms with Crippen molar-refractivity contribution in [3.05, 3.63) is 38.4 Å². The molecule has 0 radical (unpaired) electrons. The number of nitro benzene ring substituents is 2. The third-order valence-corrected chi connectivity index (χ3v) is 2.10. The Labute approximate surface area is 103 Å². The topological polar surface area (TPSA) is 119 Å². The Morgan fingerprint density at radius 3 is 2.33 bits per heavy atom. The summed E-state index contributed by atoms with van der Waals surface area (Å²) >= 11 is 0. The maximum atomic E-state index is 10.8. The lowest BCUT2D eigenvalue weighted by Crippen LogP contribution is -2.29. The van der Waals surface area contributed by atoms with Gasteiger partial charge in [0.15, 0.2) is 0 Å². The second-order valence-corrected chi connectivity index (χ2v) is 4.38. The Balaban J connectivity index is 3.05. The van der Waals surface area contributed by atoms with Crippen LogP contribution in [0.25, 0.3) is 0 Å². The van der Waals surface area contributed by atoms with Crippen LogP contribution in [0.5, 0.6) is 0 Å². The van der Waals surface area contributed by atoms with Crippen molar-refractivity contribution in [2.45, 2.75) is 19.4 Å². The molecule has 0 fully saturated rings. The number of rotatable bonds is 5. The molecule has 1 rings (SSSR count). The van der Waals surface area contributed by atoms with Crippen LogP contribution in [0.1, 0.15) is 13.8 Å². The summed E-state index contributed by atoms with van der Waals surface area (Å²) in [5.41, 5.74) is -1.66. The average Bonchev–Trinajstić information content (AvgIpc) is 2.24. The first-order chi connectivity index (χ1) is 8.20. The molecule has 0 aromatic heterocycles. The first-order valence-electron chi connectivity index (χ1n) is 5.10. The van der Waals surface area contributed by atoms with E-state index in [4.69, 9.17) is 0 Å².